The summed E-state index contributed by atoms with van der Waals surface area (Å²) in [4.78, 5) is 4.91. The fraction of sp³-hybridized carbons (Fsp3) is 0.500. The van der Waals surface area contributed by atoms with E-state index in [1.807, 2.05) is 34.9 Å². The number of benzene rings is 4. The van der Waals surface area contributed by atoms with E-state index < -0.39 is 13.5 Å². The van der Waals surface area contributed by atoms with Crippen LogP contribution in [0, 0.1) is 6.67 Å². The fourth-order valence-corrected chi connectivity index (χ4v) is 17.3. The topological polar surface area (TPSA) is 6.48 Å². The summed E-state index contributed by atoms with van der Waals surface area (Å²) in [6.45, 7) is 12.4. The van der Waals surface area contributed by atoms with Crippen LogP contribution in [0.1, 0.15) is 164 Å². The van der Waals surface area contributed by atoms with Crippen LogP contribution in [0.3, 0.4) is 0 Å². The predicted molar refractivity (Wildman–Crippen MR) is 257 cm³/mol. The summed E-state index contributed by atoms with van der Waals surface area (Å²) < 4.78 is 1.92. The number of hydrogen-bond donors (Lipinski definition) is 0. The number of para-hydroxylation sites is 2. The predicted octanol–water partition coefficient (Wildman–Crippen LogP) is 16.1. The Bertz CT molecular complexity index is 1750. The molecule has 0 aromatic heterocycles. The van der Waals surface area contributed by atoms with E-state index in [2.05, 4.69) is 123 Å². The van der Waals surface area contributed by atoms with Crippen molar-refractivity contribution >= 4 is 43.3 Å². The Hall–Kier alpha value is -2.02. The molecule has 8 rings (SSSR count). The van der Waals surface area contributed by atoms with Gasteiger partial charge >= 0.3 is 73.4 Å². The van der Waals surface area contributed by atoms with E-state index in [-0.39, 0.29) is 14.0 Å². The first-order valence-corrected chi connectivity index (χ1v) is 29.9. The van der Waals surface area contributed by atoms with Crippen molar-refractivity contribution in [2.24, 2.45) is 0 Å². The Kier molecular flexibility index (Phi) is 18.7. The number of anilines is 2. The molecule has 1 aliphatic heterocycles. The number of rotatable bonds is 9. The Labute approximate surface area is 367 Å². The van der Waals surface area contributed by atoms with Crippen molar-refractivity contribution in [1.82, 2.24) is 0 Å². The number of hydrogen-bond acceptors (Lipinski definition) is 2. The number of halogens is 2. The summed E-state index contributed by atoms with van der Waals surface area (Å²) in [7, 11) is 11.3. The average molecular weight is 927 g/mol. The monoisotopic (exact) mass is 926 g/mol. The van der Waals surface area contributed by atoms with Gasteiger partial charge in [0.1, 0.15) is 0 Å². The first kappa shape index (κ1) is 45.5. The molecule has 1 heterocycles. The van der Waals surface area contributed by atoms with Crippen molar-refractivity contribution in [2.45, 2.75) is 159 Å². The van der Waals surface area contributed by atoms with Gasteiger partial charge in [-0.1, -0.05) is 114 Å². The quantitative estimate of drug-likeness (QED) is 0.0937. The van der Waals surface area contributed by atoms with Crippen molar-refractivity contribution in [3.05, 3.63) is 138 Å². The zero-order valence-corrected chi connectivity index (χ0v) is 40.1. The van der Waals surface area contributed by atoms with Crippen LogP contribution >= 0.6 is 27.3 Å². The SMILES string of the molecule is C1CCC([PH+](C2CCCCC2)C2CCCCC2)CC1.CC(C)c1ccccc1N1[CH-]N(c2ccccc2C(C)C)[C@H](c2ccccc2)C1.[Cl][Ru]([Cl])=[CH]c1ccccc1. The van der Waals surface area contributed by atoms with Crippen LogP contribution in [-0.4, -0.2) is 28.1 Å². The number of nitrogens with zero attached hydrogens (tertiary/aromatic N) is 2. The normalized spacial score (nSPS) is 19.7. The molecule has 4 fully saturated rings. The average Bonchev–Trinajstić information content (AvgIpc) is 3.71. The van der Waals surface area contributed by atoms with Crippen molar-refractivity contribution in [3.8, 4) is 0 Å². The van der Waals surface area contributed by atoms with E-state index in [1.54, 1.807) is 96.3 Å². The first-order chi connectivity index (χ1) is 28.3. The molecular formula is C52H71Cl2N2PRu. The summed E-state index contributed by atoms with van der Waals surface area (Å²) >= 11 is -1.61. The standard InChI is InChI=1S/C27H31N2.C18H33P.C7H6.2ClH.Ru/c1-20(2)23-14-8-10-16-25(23)28-18-27(22-12-6-5-7-13-22)29(19-28)26-17-11-9-15-24(26)21(3)4;1-4-10-16(11-5-1)19(17-12-6-2-7-13-17)18-14-8-3-9-15-18;1-7-5-3-2-4-6-7;;;/h5-17,19-21,27H,18H2,1-4H3;16-18H,1-15H2;1-6H;2*1H;/q-1;;;;;+2/p-1/t27-;;;;;/m0...../s1. The van der Waals surface area contributed by atoms with Gasteiger partial charge in [-0.15, -0.1) is 0 Å². The molecule has 2 nitrogen and oxygen atoms in total. The second-order valence-corrected chi connectivity index (χ2v) is 26.9. The van der Waals surface area contributed by atoms with E-state index in [1.165, 1.54) is 45.0 Å². The molecule has 316 valence electrons. The molecule has 0 spiro atoms. The Morgan fingerprint density at radius 3 is 1.43 bits per heavy atom. The minimum atomic E-state index is -1.61. The molecule has 0 amide bonds. The molecule has 6 heteroatoms. The van der Waals surface area contributed by atoms with Crippen LogP contribution in [-0.2, 0) is 13.5 Å². The van der Waals surface area contributed by atoms with Gasteiger partial charge < -0.3 is 9.80 Å². The summed E-state index contributed by atoms with van der Waals surface area (Å²) in [5.41, 5.74) is 11.6. The molecule has 1 atom stereocenters. The van der Waals surface area contributed by atoms with Gasteiger partial charge in [0.15, 0.2) is 0 Å². The molecule has 58 heavy (non-hydrogen) atoms. The van der Waals surface area contributed by atoms with Crippen LogP contribution < -0.4 is 9.80 Å². The fourth-order valence-electron chi connectivity index (χ4n) is 10.3. The summed E-state index contributed by atoms with van der Waals surface area (Å²) in [6.07, 6.45) is 23.8. The van der Waals surface area contributed by atoms with Gasteiger partial charge in [0, 0.05) is 31.9 Å². The molecular weight excluding hydrogens is 856 g/mol. The molecule has 4 aromatic carbocycles. The second-order valence-electron chi connectivity index (χ2n) is 17.8. The van der Waals surface area contributed by atoms with Crippen LogP contribution in [0.2, 0.25) is 0 Å². The molecule has 0 bridgehead atoms. The maximum atomic E-state index is 5.67. The van der Waals surface area contributed by atoms with Gasteiger partial charge in [0.2, 0.25) is 0 Å². The van der Waals surface area contributed by atoms with Gasteiger partial charge in [-0.25, -0.2) is 0 Å². The Morgan fingerprint density at radius 2 is 0.966 bits per heavy atom. The van der Waals surface area contributed by atoms with E-state index in [0.29, 0.717) is 11.8 Å². The van der Waals surface area contributed by atoms with Gasteiger partial charge in [-0.05, 0) is 118 Å². The van der Waals surface area contributed by atoms with Crippen molar-refractivity contribution in [3.63, 3.8) is 0 Å². The van der Waals surface area contributed by atoms with Crippen LogP contribution in [0.5, 0.6) is 0 Å². The van der Waals surface area contributed by atoms with E-state index in [9.17, 15) is 0 Å². The Balaban J connectivity index is 0.000000167. The molecule has 0 unspecified atom stereocenters. The molecule has 4 aromatic rings. The van der Waals surface area contributed by atoms with Crippen molar-refractivity contribution < 1.29 is 13.5 Å². The molecule has 0 radical (unpaired) electrons. The minimum absolute atomic E-state index is 0.0465. The van der Waals surface area contributed by atoms with Gasteiger partial charge in [-0.3, -0.25) is 0 Å². The maximum absolute atomic E-state index is 5.67. The van der Waals surface area contributed by atoms with E-state index in [0.717, 1.165) is 12.1 Å². The third-order valence-electron chi connectivity index (χ3n) is 13.1. The third-order valence-corrected chi connectivity index (χ3v) is 19.5. The van der Waals surface area contributed by atoms with Crippen LogP contribution in [0.4, 0.5) is 11.4 Å². The van der Waals surface area contributed by atoms with Gasteiger partial charge in [0.05, 0.1) is 17.0 Å². The second kappa shape index (κ2) is 23.8. The molecule has 1 saturated heterocycles. The van der Waals surface area contributed by atoms with Gasteiger partial charge in [0.25, 0.3) is 0 Å². The summed E-state index contributed by atoms with van der Waals surface area (Å²) in [5, 5.41) is 0. The van der Waals surface area contributed by atoms with Crippen LogP contribution in [0.15, 0.2) is 109 Å². The first-order valence-electron chi connectivity index (χ1n) is 22.7. The summed E-state index contributed by atoms with van der Waals surface area (Å²) in [6, 6.07) is 38.7. The molecule has 0 N–H and O–H groups in total. The zero-order valence-electron chi connectivity index (χ0n) is 35.8. The van der Waals surface area contributed by atoms with Crippen molar-refractivity contribution in [1.29, 1.82) is 0 Å². The molecule has 3 saturated carbocycles. The van der Waals surface area contributed by atoms with Gasteiger partial charge in [-0.2, -0.15) is 6.67 Å². The summed E-state index contributed by atoms with van der Waals surface area (Å²) in [5.74, 6) is 0.972. The Morgan fingerprint density at radius 1 is 0.552 bits per heavy atom. The van der Waals surface area contributed by atoms with Crippen molar-refractivity contribution in [2.75, 3.05) is 16.3 Å². The van der Waals surface area contributed by atoms with E-state index in [4.69, 9.17) is 19.4 Å². The van der Waals surface area contributed by atoms with Crippen LogP contribution in [0.25, 0.3) is 0 Å². The third kappa shape index (κ3) is 13.0. The van der Waals surface area contributed by atoms with E-state index >= 15 is 0 Å². The zero-order chi connectivity index (χ0) is 40.7. The molecule has 3 aliphatic carbocycles. The molecule has 4 aliphatic rings.